The third-order valence-corrected chi connectivity index (χ3v) is 5.54. The van der Waals surface area contributed by atoms with Gasteiger partial charge < -0.3 is 19.5 Å². The van der Waals surface area contributed by atoms with E-state index in [0.717, 1.165) is 44.2 Å². The minimum atomic E-state index is -0.215. The summed E-state index contributed by atoms with van der Waals surface area (Å²) in [6.07, 6.45) is 1.79. The molecule has 1 N–H and O–H groups in total. The molecule has 0 aromatic heterocycles. The molecular formula is C24H27N3O4S. The third kappa shape index (κ3) is 5.27. The number of benzene rings is 2. The summed E-state index contributed by atoms with van der Waals surface area (Å²) in [5, 5.41) is 3.35. The van der Waals surface area contributed by atoms with Crippen molar-refractivity contribution in [1.29, 1.82) is 0 Å². The van der Waals surface area contributed by atoms with Gasteiger partial charge in [-0.15, -0.1) is 0 Å². The van der Waals surface area contributed by atoms with Gasteiger partial charge in [-0.1, -0.05) is 24.3 Å². The number of hydrogen-bond donors (Lipinski definition) is 1. The molecule has 4 rings (SSSR count). The highest BCUT2D eigenvalue weighted by atomic mass is 32.1. The molecule has 0 radical (unpaired) electrons. The van der Waals surface area contributed by atoms with Crippen LogP contribution in [0.3, 0.4) is 0 Å². The van der Waals surface area contributed by atoms with Crippen molar-refractivity contribution in [3.8, 4) is 11.5 Å². The molecule has 8 heteroatoms. The van der Waals surface area contributed by atoms with Gasteiger partial charge in [-0.25, -0.2) is 4.90 Å². The Morgan fingerprint density at radius 3 is 2.59 bits per heavy atom. The summed E-state index contributed by atoms with van der Waals surface area (Å²) in [6, 6.07) is 15.0. The molecule has 0 saturated carbocycles. The Bertz CT molecular complexity index is 987. The van der Waals surface area contributed by atoms with E-state index < -0.39 is 0 Å². The highest BCUT2D eigenvalue weighted by Crippen LogP contribution is 2.31. The summed E-state index contributed by atoms with van der Waals surface area (Å²) in [5.74, 6) is 1.20. The van der Waals surface area contributed by atoms with E-state index in [4.69, 9.17) is 26.4 Å². The van der Waals surface area contributed by atoms with Crippen molar-refractivity contribution in [3.63, 3.8) is 0 Å². The zero-order chi connectivity index (χ0) is 22.3. The van der Waals surface area contributed by atoms with Crippen LogP contribution in [-0.2, 0) is 9.53 Å². The second-order valence-electron chi connectivity index (χ2n) is 7.40. The van der Waals surface area contributed by atoms with Gasteiger partial charge in [0.1, 0.15) is 23.8 Å². The van der Waals surface area contributed by atoms with Crippen molar-refractivity contribution < 1.29 is 19.0 Å². The molecule has 32 heavy (non-hydrogen) atoms. The van der Waals surface area contributed by atoms with Crippen LogP contribution in [0.25, 0.3) is 6.08 Å². The number of carbonyl (C=O) groups excluding carboxylic acids is 1. The maximum absolute atomic E-state index is 13.0. The molecule has 168 valence electrons. The molecular weight excluding hydrogens is 426 g/mol. The molecule has 0 aliphatic carbocycles. The van der Waals surface area contributed by atoms with Gasteiger partial charge in [0.15, 0.2) is 5.11 Å². The topological polar surface area (TPSA) is 63.3 Å². The number of thiocarbonyl (C=S) groups is 1. The molecule has 2 aliphatic rings. The van der Waals surface area contributed by atoms with Gasteiger partial charge in [-0.05, 0) is 55.0 Å². The minimum absolute atomic E-state index is 0.215. The van der Waals surface area contributed by atoms with Crippen molar-refractivity contribution in [2.45, 2.75) is 6.92 Å². The fourth-order valence-corrected chi connectivity index (χ4v) is 3.91. The summed E-state index contributed by atoms with van der Waals surface area (Å²) >= 11 is 5.42. The van der Waals surface area contributed by atoms with Crippen LogP contribution < -0.4 is 19.7 Å². The maximum atomic E-state index is 13.0. The van der Waals surface area contributed by atoms with Gasteiger partial charge in [0.2, 0.25) is 0 Å². The lowest BCUT2D eigenvalue weighted by molar-refractivity contribution is -0.113. The molecule has 2 fully saturated rings. The van der Waals surface area contributed by atoms with E-state index in [1.165, 1.54) is 4.90 Å². The fraction of sp³-hybridized carbons (Fsp3) is 0.333. The number of nitrogens with zero attached hydrogens (tertiary/aromatic N) is 2. The standard InChI is InChI=1S/C24H27N3O4S/c1-2-30-22-6-4-3-5-21(22)27-23(28)20(25-24(27)32)17-18-7-9-19(10-8-18)31-16-13-26-11-14-29-15-12-26/h3-10,17H,2,11-16H2,1H3,(H,25,32)/b20-17+. The average Bonchev–Trinajstić information content (AvgIpc) is 3.09. The summed E-state index contributed by atoms with van der Waals surface area (Å²) in [6.45, 7) is 7.38. The lowest BCUT2D eigenvalue weighted by Gasteiger charge is -2.26. The van der Waals surface area contributed by atoms with Crippen molar-refractivity contribution in [1.82, 2.24) is 10.2 Å². The Labute approximate surface area is 193 Å². The van der Waals surface area contributed by atoms with E-state index >= 15 is 0 Å². The lowest BCUT2D eigenvalue weighted by Crippen LogP contribution is -2.38. The highest BCUT2D eigenvalue weighted by Gasteiger charge is 2.33. The first kappa shape index (κ1) is 22.3. The van der Waals surface area contributed by atoms with Crippen molar-refractivity contribution in [2.75, 3.05) is 51.0 Å². The number of carbonyl (C=O) groups is 1. The molecule has 0 bridgehead atoms. The normalized spacial score (nSPS) is 18.2. The molecule has 2 aromatic carbocycles. The smallest absolute Gasteiger partial charge is 0.281 e. The van der Waals surface area contributed by atoms with E-state index in [1.807, 2.05) is 55.5 Å². The van der Waals surface area contributed by atoms with Crippen molar-refractivity contribution in [2.24, 2.45) is 0 Å². The largest absolute Gasteiger partial charge is 0.492 e. The minimum Gasteiger partial charge on any atom is -0.492 e. The summed E-state index contributed by atoms with van der Waals surface area (Å²) in [7, 11) is 0. The SMILES string of the molecule is CCOc1ccccc1N1C(=O)/C(=C\c2ccc(OCCN3CCOCC3)cc2)NC1=S. The van der Waals surface area contributed by atoms with E-state index in [-0.39, 0.29) is 5.91 Å². The molecule has 2 aromatic rings. The number of hydrogen-bond acceptors (Lipinski definition) is 6. The Balaban J connectivity index is 1.39. The molecule has 2 saturated heterocycles. The average molecular weight is 454 g/mol. The zero-order valence-corrected chi connectivity index (χ0v) is 18.9. The van der Waals surface area contributed by atoms with Crippen LogP contribution in [0.15, 0.2) is 54.2 Å². The number of ether oxygens (including phenoxy) is 3. The first-order valence-electron chi connectivity index (χ1n) is 10.8. The number of morpholine rings is 1. The highest BCUT2D eigenvalue weighted by molar-refractivity contribution is 7.80. The van der Waals surface area contributed by atoms with Crippen LogP contribution in [-0.4, -0.2) is 62.0 Å². The maximum Gasteiger partial charge on any atom is 0.281 e. The first-order valence-corrected chi connectivity index (χ1v) is 11.2. The van der Waals surface area contributed by atoms with E-state index in [9.17, 15) is 4.79 Å². The van der Waals surface area contributed by atoms with Crippen molar-refractivity contribution in [3.05, 3.63) is 59.8 Å². The predicted molar refractivity (Wildman–Crippen MR) is 128 cm³/mol. The van der Waals surface area contributed by atoms with Crippen LogP contribution in [0, 0.1) is 0 Å². The van der Waals surface area contributed by atoms with Gasteiger partial charge in [-0.2, -0.15) is 0 Å². The molecule has 0 atom stereocenters. The van der Waals surface area contributed by atoms with Gasteiger partial charge in [-0.3, -0.25) is 9.69 Å². The van der Waals surface area contributed by atoms with Crippen molar-refractivity contribution >= 4 is 35.0 Å². The van der Waals surface area contributed by atoms with E-state index in [1.54, 1.807) is 6.08 Å². The third-order valence-electron chi connectivity index (χ3n) is 5.26. The van der Waals surface area contributed by atoms with Crippen LogP contribution in [0.4, 0.5) is 5.69 Å². The molecule has 0 unspecified atom stereocenters. The number of amides is 1. The quantitative estimate of drug-likeness (QED) is 0.487. The van der Waals surface area contributed by atoms with Gasteiger partial charge in [0.25, 0.3) is 5.91 Å². The monoisotopic (exact) mass is 453 g/mol. The lowest BCUT2D eigenvalue weighted by atomic mass is 10.2. The fourth-order valence-electron chi connectivity index (χ4n) is 3.62. The summed E-state index contributed by atoms with van der Waals surface area (Å²) < 4.78 is 16.9. The van der Waals surface area contributed by atoms with Crippen LogP contribution >= 0.6 is 12.2 Å². The van der Waals surface area contributed by atoms with Gasteiger partial charge >= 0.3 is 0 Å². The van der Waals surface area contributed by atoms with Crippen LogP contribution in [0.2, 0.25) is 0 Å². The Morgan fingerprint density at radius 1 is 1.09 bits per heavy atom. The first-order chi connectivity index (χ1) is 15.7. The Kier molecular flexibility index (Phi) is 7.36. The predicted octanol–water partition coefficient (Wildman–Crippen LogP) is 3.06. The number of rotatable bonds is 8. The second-order valence-corrected chi connectivity index (χ2v) is 7.79. The van der Waals surface area contributed by atoms with Gasteiger partial charge in [0, 0.05) is 19.6 Å². The molecule has 1 amide bonds. The number of anilines is 1. The van der Waals surface area contributed by atoms with Crippen LogP contribution in [0.1, 0.15) is 12.5 Å². The van der Waals surface area contributed by atoms with E-state index in [0.29, 0.717) is 35.5 Å². The molecule has 2 heterocycles. The zero-order valence-electron chi connectivity index (χ0n) is 18.1. The van der Waals surface area contributed by atoms with Gasteiger partial charge in [0.05, 0.1) is 25.5 Å². The Hall–Kier alpha value is -2.94. The summed E-state index contributed by atoms with van der Waals surface area (Å²) in [4.78, 5) is 16.8. The summed E-state index contributed by atoms with van der Waals surface area (Å²) in [5.41, 5.74) is 1.93. The number of nitrogens with one attached hydrogen (secondary N) is 1. The second kappa shape index (κ2) is 10.6. The molecule has 2 aliphatic heterocycles. The van der Waals surface area contributed by atoms with Crippen LogP contribution in [0.5, 0.6) is 11.5 Å². The molecule has 0 spiro atoms. The molecule has 7 nitrogen and oxygen atoms in total. The van der Waals surface area contributed by atoms with E-state index in [2.05, 4.69) is 10.2 Å². The number of para-hydroxylation sites is 2. The Morgan fingerprint density at radius 2 is 1.84 bits per heavy atom.